The fourth-order valence-corrected chi connectivity index (χ4v) is 2.03. The number of nitrogens with zero attached hydrogens (tertiary/aromatic N) is 1. The number of nitrogens with two attached hydrogens (primary N) is 1. The van der Waals surface area contributed by atoms with Gasteiger partial charge < -0.3 is 20.5 Å². The highest BCUT2D eigenvalue weighted by Gasteiger charge is 2.25. The van der Waals surface area contributed by atoms with Crippen molar-refractivity contribution in [2.24, 2.45) is 0 Å². The number of aromatic carboxylic acids is 1. The third-order valence-electron chi connectivity index (χ3n) is 3.47. The van der Waals surface area contributed by atoms with Gasteiger partial charge in [-0.3, -0.25) is 0 Å². The summed E-state index contributed by atoms with van der Waals surface area (Å²) >= 11 is 0. The summed E-state index contributed by atoms with van der Waals surface area (Å²) in [7, 11) is 2.08. The van der Waals surface area contributed by atoms with Crippen LogP contribution in [0.25, 0.3) is 0 Å². The Kier molecular flexibility index (Phi) is 3.95. The molecule has 1 saturated carbocycles. The maximum atomic E-state index is 11.1. The summed E-state index contributed by atoms with van der Waals surface area (Å²) in [5.74, 6) is -0.463. The molecule has 1 fully saturated rings. The lowest BCUT2D eigenvalue weighted by Crippen LogP contribution is -2.26. The number of carboxylic acids is 1. The molecule has 0 unspecified atom stereocenters. The zero-order chi connectivity index (χ0) is 14.0. The van der Waals surface area contributed by atoms with E-state index in [0.29, 0.717) is 24.1 Å². The number of benzene rings is 1. The van der Waals surface area contributed by atoms with Crippen LogP contribution in [0.1, 0.15) is 28.8 Å². The van der Waals surface area contributed by atoms with Crippen LogP contribution >= 0.6 is 0 Å². The van der Waals surface area contributed by atoms with Gasteiger partial charge >= 0.3 is 5.97 Å². The van der Waals surface area contributed by atoms with Gasteiger partial charge in [0, 0.05) is 18.3 Å². The van der Waals surface area contributed by atoms with E-state index in [1.807, 2.05) is 0 Å². The second-order valence-corrected chi connectivity index (χ2v) is 5.07. The highest BCUT2D eigenvalue weighted by Crippen LogP contribution is 2.26. The molecule has 2 rings (SSSR count). The molecule has 5 nitrogen and oxygen atoms in total. The van der Waals surface area contributed by atoms with Crippen LogP contribution in [0.15, 0.2) is 12.1 Å². The average Bonchev–Trinajstić information content (AvgIpc) is 3.16. The van der Waals surface area contributed by atoms with E-state index in [9.17, 15) is 4.79 Å². The molecule has 19 heavy (non-hydrogen) atoms. The highest BCUT2D eigenvalue weighted by atomic mass is 16.5. The minimum absolute atomic E-state index is 0.102. The van der Waals surface area contributed by atoms with E-state index < -0.39 is 5.97 Å². The van der Waals surface area contributed by atoms with Crippen molar-refractivity contribution < 1.29 is 14.6 Å². The van der Waals surface area contributed by atoms with Crippen molar-refractivity contribution in [1.82, 2.24) is 4.90 Å². The third-order valence-corrected chi connectivity index (χ3v) is 3.47. The summed E-state index contributed by atoms with van der Waals surface area (Å²) in [5.41, 5.74) is 6.86. The zero-order valence-electron chi connectivity index (χ0n) is 11.3. The summed E-state index contributed by atoms with van der Waals surface area (Å²) in [6.45, 7) is 3.18. The van der Waals surface area contributed by atoms with Gasteiger partial charge in [-0.2, -0.15) is 0 Å². The standard InChI is InChI=1S/C14H20N2O3/c1-9-7-11(8-12(13(9)15)14(17)18)19-6-5-16(2)10-3-4-10/h7-8,10H,3-6,15H2,1-2H3,(H,17,18). The SMILES string of the molecule is Cc1cc(OCCN(C)C2CC2)cc(C(=O)O)c1N. The van der Waals surface area contributed by atoms with Gasteiger partial charge in [-0.15, -0.1) is 0 Å². The number of hydrogen-bond acceptors (Lipinski definition) is 4. The van der Waals surface area contributed by atoms with Gasteiger partial charge in [0.05, 0.1) is 5.56 Å². The van der Waals surface area contributed by atoms with E-state index in [1.165, 1.54) is 18.9 Å². The summed E-state index contributed by atoms with van der Waals surface area (Å²) in [6, 6.07) is 3.96. The molecule has 5 heteroatoms. The predicted octanol–water partition coefficient (Wildman–Crippen LogP) is 1.75. The molecule has 1 aliphatic carbocycles. The minimum atomic E-state index is -1.03. The lowest BCUT2D eigenvalue weighted by molar-refractivity contribution is 0.0697. The maximum absolute atomic E-state index is 11.1. The van der Waals surface area contributed by atoms with E-state index in [2.05, 4.69) is 11.9 Å². The molecule has 0 saturated heterocycles. The van der Waals surface area contributed by atoms with Gasteiger partial charge in [0.25, 0.3) is 0 Å². The van der Waals surface area contributed by atoms with Gasteiger partial charge in [0.2, 0.25) is 0 Å². The Morgan fingerprint density at radius 1 is 1.53 bits per heavy atom. The minimum Gasteiger partial charge on any atom is -0.492 e. The normalized spacial score (nSPS) is 14.7. The number of rotatable bonds is 6. The lowest BCUT2D eigenvalue weighted by atomic mass is 10.1. The predicted molar refractivity (Wildman–Crippen MR) is 73.7 cm³/mol. The van der Waals surface area contributed by atoms with E-state index in [1.54, 1.807) is 13.0 Å². The molecule has 0 heterocycles. The van der Waals surface area contributed by atoms with Crippen molar-refractivity contribution in [3.8, 4) is 5.75 Å². The molecule has 1 aromatic carbocycles. The summed E-state index contributed by atoms with van der Waals surface area (Å²) in [5, 5.41) is 9.07. The number of aryl methyl sites for hydroxylation is 1. The summed E-state index contributed by atoms with van der Waals surface area (Å²) in [6.07, 6.45) is 2.53. The first-order valence-electron chi connectivity index (χ1n) is 6.45. The molecular weight excluding hydrogens is 244 g/mol. The van der Waals surface area contributed by atoms with Crippen molar-refractivity contribution in [1.29, 1.82) is 0 Å². The molecule has 0 bridgehead atoms. The Balaban J connectivity index is 1.97. The van der Waals surface area contributed by atoms with Crippen LogP contribution < -0.4 is 10.5 Å². The first-order chi connectivity index (χ1) is 8.99. The Bertz CT molecular complexity index is 484. The smallest absolute Gasteiger partial charge is 0.337 e. The molecule has 0 aliphatic heterocycles. The van der Waals surface area contributed by atoms with Crippen molar-refractivity contribution in [3.63, 3.8) is 0 Å². The van der Waals surface area contributed by atoms with Gasteiger partial charge in [-0.1, -0.05) is 0 Å². The number of nitrogen functional groups attached to an aromatic ring is 1. The Morgan fingerprint density at radius 2 is 2.21 bits per heavy atom. The molecule has 0 aromatic heterocycles. The van der Waals surface area contributed by atoms with E-state index >= 15 is 0 Å². The fraction of sp³-hybridized carbons (Fsp3) is 0.500. The van der Waals surface area contributed by atoms with Crippen molar-refractivity contribution in [2.45, 2.75) is 25.8 Å². The second kappa shape index (κ2) is 5.48. The van der Waals surface area contributed by atoms with Gasteiger partial charge in [-0.05, 0) is 44.5 Å². The zero-order valence-corrected chi connectivity index (χ0v) is 11.3. The van der Waals surface area contributed by atoms with E-state index in [-0.39, 0.29) is 5.56 Å². The van der Waals surface area contributed by atoms with Gasteiger partial charge in [0.15, 0.2) is 0 Å². The molecule has 0 atom stereocenters. The molecule has 0 spiro atoms. The average molecular weight is 264 g/mol. The molecular formula is C14H20N2O3. The highest BCUT2D eigenvalue weighted by molar-refractivity contribution is 5.95. The van der Waals surface area contributed by atoms with Gasteiger partial charge in [-0.25, -0.2) is 4.79 Å². The Morgan fingerprint density at radius 3 is 2.79 bits per heavy atom. The van der Waals surface area contributed by atoms with Gasteiger partial charge in [0.1, 0.15) is 12.4 Å². The van der Waals surface area contributed by atoms with Crippen LogP contribution in [0.5, 0.6) is 5.75 Å². The Labute approximate surface area is 113 Å². The molecule has 104 valence electrons. The monoisotopic (exact) mass is 264 g/mol. The quantitative estimate of drug-likeness (QED) is 0.765. The largest absolute Gasteiger partial charge is 0.492 e. The summed E-state index contributed by atoms with van der Waals surface area (Å²) < 4.78 is 5.62. The van der Waals surface area contributed by atoms with Crippen LogP contribution in [-0.2, 0) is 0 Å². The first-order valence-corrected chi connectivity index (χ1v) is 6.45. The number of carboxylic acid groups (broad SMARTS) is 1. The van der Waals surface area contributed by atoms with Crippen molar-refractivity contribution in [2.75, 3.05) is 25.9 Å². The van der Waals surface area contributed by atoms with E-state index in [4.69, 9.17) is 15.6 Å². The van der Waals surface area contributed by atoms with Crippen LogP contribution in [0.2, 0.25) is 0 Å². The third kappa shape index (κ3) is 3.38. The van der Waals surface area contributed by atoms with Crippen LogP contribution in [0.4, 0.5) is 5.69 Å². The molecule has 0 amide bonds. The van der Waals surface area contributed by atoms with Crippen molar-refractivity contribution in [3.05, 3.63) is 23.3 Å². The van der Waals surface area contributed by atoms with Crippen LogP contribution in [0.3, 0.4) is 0 Å². The van der Waals surface area contributed by atoms with Crippen LogP contribution in [-0.4, -0.2) is 42.2 Å². The van der Waals surface area contributed by atoms with Crippen molar-refractivity contribution >= 4 is 11.7 Å². The second-order valence-electron chi connectivity index (χ2n) is 5.07. The van der Waals surface area contributed by atoms with Crippen LogP contribution in [0, 0.1) is 6.92 Å². The molecule has 1 aliphatic rings. The number of hydrogen-bond donors (Lipinski definition) is 2. The fourth-order valence-electron chi connectivity index (χ4n) is 2.03. The summed E-state index contributed by atoms with van der Waals surface area (Å²) in [4.78, 5) is 13.3. The lowest BCUT2D eigenvalue weighted by Gasteiger charge is -2.16. The molecule has 3 N–H and O–H groups in total. The molecule has 0 radical (unpaired) electrons. The number of likely N-dealkylation sites (N-methyl/N-ethyl adjacent to an activating group) is 1. The van der Waals surface area contributed by atoms with E-state index in [0.717, 1.165) is 12.1 Å². The maximum Gasteiger partial charge on any atom is 0.337 e. The number of carbonyl (C=O) groups is 1. The first kappa shape index (κ1) is 13.7. The number of ether oxygens (including phenoxy) is 1. The Hall–Kier alpha value is -1.75. The topological polar surface area (TPSA) is 75.8 Å². The molecule has 1 aromatic rings. The number of anilines is 1.